The van der Waals surface area contributed by atoms with E-state index < -0.39 is 12.0 Å². The highest BCUT2D eigenvalue weighted by Crippen LogP contribution is 2.43. The zero-order valence-corrected chi connectivity index (χ0v) is 18.2. The number of carbonyl (C=O) groups excluding carboxylic acids is 2. The zero-order chi connectivity index (χ0) is 22.5. The zero-order valence-electron chi connectivity index (χ0n) is 18.2. The third kappa shape index (κ3) is 4.30. The topological polar surface area (TPSA) is 67.9 Å². The van der Waals surface area contributed by atoms with Crippen LogP contribution in [0.2, 0.25) is 0 Å². The van der Waals surface area contributed by atoms with Crippen molar-refractivity contribution >= 4 is 23.2 Å². The first-order chi connectivity index (χ1) is 15.6. The molecule has 2 amide bonds. The number of rotatable bonds is 6. The smallest absolute Gasteiger partial charge is 0.229 e. The van der Waals surface area contributed by atoms with E-state index in [0.717, 1.165) is 11.3 Å². The summed E-state index contributed by atoms with van der Waals surface area (Å²) in [6.07, 6.45) is 0.734. The van der Waals surface area contributed by atoms with Crippen LogP contribution in [0.25, 0.3) is 0 Å². The number of ether oxygens (including phenoxy) is 2. The second kappa shape index (κ2) is 9.56. The van der Waals surface area contributed by atoms with Crippen molar-refractivity contribution in [3.63, 3.8) is 0 Å². The number of nitrogens with zero attached hydrogens (tertiary/aromatic N) is 1. The third-order valence-corrected chi connectivity index (χ3v) is 5.78. The first-order valence-electron chi connectivity index (χ1n) is 10.6. The second-order valence-electron chi connectivity index (χ2n) is 7.65. The van der Waals surface area contributed by atoms with E-state index in [1.807, 2.05) is 78.9 Å². The number of piperidine rings is 1. The summed E-state index contributed by atoms with van der Waals surface area (Å²) in [6, 6.07) is 23.7. The number of para-hydroxylation sites is 2. The molecular formula is C26H26N2O4. The predicted octanol–water partition coefficient (Wildman–Crippen LogP) is 4.83. The largest absolute Gasteiger partial charge is 0.497 e. The summed E-state index contributed by atoms with van der Waals surface area (Å²) in [7, 11) is 3.20. The lowest BCUT2D eigenvalue weighted by Gasteiger charge is -2.41. The third-order valence-electron chi connectivity index (χ3n) is 5.78. The summed E-state index contributed by atoms with van der Waals surface area (Å²) < 4.78 is 10.9. The van der Waals surface area contributed by atoms with Crippen molar-refractivity contribution in [1.82, 2.24) is 0 Å². The van der Waals surface area contributed by atoms with Gasteiger partial charge >= 0.3 is 0 Å². The molecule has 1 N–H and O–H groups in total. The molecule has 0 radical (unpaired) electrons. The Kier molecular flexibility index (Phi) is 6.40. The van der Waals surface area contributed by atoms with Gasteiger partial charge in [-0.15, -0.1) is 0 Å². The molecule has 1 saturated heterocycles. The second-order valence-corrected chi connectivity index (χ2v) is 7.65. The summed E-state index contributed by atoms with van der Waals surface area (Å²) in [5, 5.41) is 3.02. The molecular weight excluding hydrogens is 404 g/mol. The summed E-state index contributed by atoms with van der Waals surface area (Å²) in [6.45, 7) is 0. The molecule has 0 spiro atoms. The number of methoxy groups -OCH3 is 2. The highest BCUT2D eigenvalue weighted by Gasteiger charge is 2.42. The Morgan fingerprint density at radius 3 is 2.28 bits per heavy atom. The van der Waals surface area contributed by atoms with Crippen molar-refractivity contribution < 1.29 is 19.1 Å². The Morgan fingerprint density at radius 2 is 1.59 bits per heavy atom. The maximum absolute atomic E-state index is 13.4. The lowest BCUT2D eigenvalue weighted by Crippen LogP contribution is -2.47. The Morgan fingerprint density at radius 1 is 0.906 bits per heavy atom. The van der Waals surface area contributed by atoms with Crippen molar-refractivity contribution in [3.05, 3.63) is 84.4 Å². The summed E-state index contributed by atoms with van der Waals surface area (Å²) in [5.74, 6) is 0.730. The van der Waals surface area contributed by atoms with Gasteiger partial charge in [0, 0.05) is 23.4 Å². The quantitative estimate of drug-likeness (QED) is 0.608. The average Bonchev–Trinajstić information content (AvgIpc) is 2.84. The first-order valence-corrected chi connectivity index (χ1v) is 10.6. The number of carbonyl (C=O) groups is 2. The highest BCUT2D eigenvalue weighted by atomic mass is 16.5. The molecule has 1 aliphatic heterocycles. The summed E-state index contributed by atoms with van der Waals surface area (Å²) in [4.78, 5) is 28.3. The minimum Gasteiger partial charge on any atom is -0.497 e. The van der Waals surface area contributed by atoms with Gasteiger partial charge in [-0.1, -0.05) is 36.4 Å². The molecule has 1 heterocycles. The van der Waals surface area contributed by atoms with E-state index in [4.69, 9.17) is 9.47 Å². The van der Waals surface area contributed by atoms with Crippen LogP contribution in [0.4, 0.5) is 11.4 Å². The van der Waals surface area contributed by atoms with Crippen LogP contribution in [0.3, 0.4) is 0 Å². The summed E-state index contributed by atoms with van der Waals surface area (Å²) in [5.41, 5.74) is 2.24. The molecule has 1 fully saturated rings. The summed E-state index contributed by atoms with van der Waals surface area (Å²) >= 11 is 0. The van der Waals surface area contributed by atoms with Gasteiger partial charge in [0.25, 0.3) is 0 Å². The van der Waals surface area contributed by atoms with Crippen LogP contribution >= 0.6 is 0 Å². The van der Waals surface area contributed by atoms with Crippen LogP contribution in [-0.2, 0) is 9.59 Å². The molecule has 6 nitrogen and oxygen atoms in total. The van der Waals surface area contributed by atoms with Crippen molar-refractivity contribution in [1.29, 1.82) is 0 Å². The number of hydrogen-bond acceptors (Lipinski definition) is 4. The van der Waals surface area contributed by atoms with Crippen molar-refractivity contribution in [3.8, 4) is 11.5 Å². The Hall–Kier alpha value is -3.80. The van der Waals surface area contributed by atoms with E-state index in [1.165, 1.54) is 0 Å². The van der Waals surface area contributed by atoms with Crippen LogP contribution in [0.15, 0.2) is 78.9 Å². The van der Waals surface area contributed by atoms with Gasteiger partial charge in [-0.25, -0.2) is 0 Å². The molecule has 3 aromatic carbocycles. The molecule has 0 bridgehead atoms. The van der Waals surface area contributed by atoms with Crippen molar-refractivity contribution in [2.45, 2.75) is 18.9 Å². The van der Waals surface area contributed by atoms with Gasteiger partial charge in [0.2, 0.25) is 11.8 Å². The van der Waals surface area contributed by atoms with Crippen LogP contribution in [0, 0.1) is 5.92 Å². The molecule has 164 valence electrons. The van der Waals surface area contributed by atoms with E-state index in [1.54, 1.807) is 19.1 Å². The lowest BCUT2D eigenvalue weighted by atomic mass is 9.82. The number of benzene rings is 3. The fourth-order valence-electron chi connectivity index (χ4n) is 4.24. The monoisotopic (exact) mass is 430 g/mol. The number of anilines is 2. The van der Waals surface area contributed by atoms with Crippen LogP contribution < -0.4 is 19.7 Å². The van der Waals surface area contributed by atoms with E-state index >= 15 is 0 Å². The fraction of sp³-hybridized carbons (Fsp3) is 0.231. The van der Waals surface area contributed by atoms with E-state index in [9.17, 15) is 9.59 Å². The standard InChI is InChI=1S/C26H26N2O4/c1-31-20-14-12-19(13-15-20)28-24(29)17-16-22(26(30)27-18-8-4-3-5-9-18)25(28)21-10-6-7-11-23(21)32-2/h3-15,22,25H,16-17H2,1-2H3,(H,27,30)/t22-,25-/m0/s1. The van der Waals surface area contributed by atoms with Crippen LogP contribution in [-0.4, -0.2) is 26.0 Å². The van der Waals surface area contributed by atoms with E-state index in [-0.39, 0.29) is 18.2 Å². The van der Waals surface area contributed by atoms with Crippen molar-refractivity contribution in [2.24, 2.45) is 5.92 Å². The van der Waals surface area contributed by atoms with E-state index in [2.05, 4.69) is 5.32 Å². The molecule has 0 saturated carbocycles. The maximum Gasteiger partial charge on any atom is 0.229 e. The van der Waals surface area contributed by atoms with Gasteiger partial charge in [0.15, 0.2) is 0 Å². The molecule has 0 aliphatic carbocycles. The molecule has 6 heteroatoms. The Balaban J connectivity index is 1.77. The Labute approximate surface area is 187 Å². The number of nitrogens with one attached hydrogen (secondary N) is 1. The van der Waals surface area contributed by atoms with Crippen molar-refractivity contribution in [2.75, 3.05) is 24.4 Å². The molecule has 4 rings (SSSR count). The fourth-order valence-corrected chi connectivity index (χ4v) is 4.24. The predicted molar refractivity (Wildman–Crippen MR) is 124 cm³/mol. The minimum atomic E-state index is -0.510. The SMILES string of the molecule is COc1ccc(N2C(=O)CC[C@H](C(=O)Nc3ccccc3)[C@@H]2c2ccccc2OC)cc1. The normalized spacial score (nSPS) is 18.2. The number of hydrogen-bond donors (Lipinski definition) is 1. The van der Waals surface area contributed by atoms with Crippen LogP contribution in [0.5, 0.6) is 11.5 Å². The van der Waals surface area contributed by atoms with Gasteiger partial charge in [0.1, 0.15) is 11.5 Å². The Bertz CT molecular complexity index is 1080. The highest BCUT2D eigenvalue weighted by molar-refractivity contribution is 6.00. The average molecular weight is 431 g/mol. The minimum absolute atomic E-state index is 0.0326. The number of amides is 2. The lowest BCUT2D eigenvalue weighted by molar-refractivity contribution is -0.125. The van der Waals surface area contributed by atoms with Gasteiger partial charge in [0.05, 0.1) is 26.2 Å². The van der Waals surface area contributed by atoms with Crippen LogP contribution in [0.1, 0.15) is 24.4 Å². The molecule has 0 unspecified atom stereocenters. The van der Waals surface area contributed by atoms with Gasteiger partial charge in [-0.2, -0.15) is 0 Å². The first kappa shape index (κ1) is 21.4. The van der Waals surface area contributed by atoms with E-state index in [0.29, 0.717) is 23.6 Å². The van der Waals surface area contributed by atoms with Gasteiger partial charge < -0.3 is 19.7 Å². The molecule has 32 heavy (non-hydrogen) atoms. The van der Waals surface area contributed by atoms with Gasteiger partial charge in [-0.3, -0.25) is 9.59 Å². The molecule has 0 aromatic heterocycles. The molecule has 2 atom stereocenters. The maximum atomic E-state index is 13.4. The molecule has 3 aromatic rings. The van der Waals surface area contributed by atoms with Gasteiger partial charge in [-0.05, 0) is 48.9 Å². The molecule has 1 aliphatic rings.